The lowest BCUT2D eigenvalue weighted by atomic mass is 10.1. The van der Waals surface area contributed by atoms with Gasteiger partial charge in [-0.2, -0.15) is 11.8 Å². The minimum absolute atomic E-state index is 0.294. The average molecular weight is 341 g/mol. The van der Waals surface area contributed by atoms with Gasteiger partial charge >= 0.3 is 0 Å². The van der Waals surface area contributed by atoms with Gasteiger partial charge in [0.25, 0.3) is 0 Å². The van der Waals surface area contributed by atoms with E-state index in [2.05, 4.69) is 26.8 Å². The van der Waals surface area contributed by atoms with Crippen molar-refractivity contribution in [3.8, 4) is 0 Å². The summed E-state index contributed by atoms with van der Waals surface area (Å²) >= 11 is 1.89. The van der Waals surface area contributed by atoms with E-state index < -0.39 is 0 Å². The molecule has 1 saturated heterocycles. The smallest absolute Gasteiger partial charge is 0.225 e. The lowest BCUT2D eigenvalue weighted by molar-refractivity contribution is -0.134. The van der Waals surface area contributed by atoms with Crippen molar-refractivity contribution in [1.82, 2.24) is 15.5 Å². The molecule has 0 aromatic heterocycles. The zero-order valence-electron chi connectivity index (χ0n) is 14.6. The highest BCUT2D eigenvalue weighted by Crippen LogP contribution is 2.27. The predicted octanol–water partition coefficient (Wildman–Crippen LogP) is 2.09. The van der Waals surface area contributed by atoms with Gasteiger partial charge < -0.3 is 15.5 Å². The zero-order valence-corrected chi connectivity index (χ0v) is 15.5. The molecule has 1 aliphatic heterocycles. The number of thioether (sulfide) groups is 1. The number of hydrogen-bond donors (Lipinski definition) is 2. The Morgan fingerprint density at radius 1 is 1.26 bits per heavy atom. The minimum Gasteiger partial charge on any atom is -0.356 e. The highest BCUT2D eigenvalue weighted by Gasteiger charge is 2.32. The number of carbonyl (C=O) groups is 1. The number of nitrogens with zero attached hydrogens (tertiary/aromatic N) is 2. The van der Waals surface area contributed by atoms with E-state index in [9.17, 15) is 4.79 Å². The van der Waals surface area contributed by atoms with Crippen molar-refractivity contribution in [2.45, 2.75) is 51.0 Å². The van der Waals surface area contributed by atoms with Crippen LogP contribution in [-0.4, -0.2) is 61.5 Å². The molecule has 5 nitrogen and oxygen atoms in total. The van der Waals surface area contributed by atoms with E-state index in [0.29, 0.717) is 17.9 Å². The molecular weight excluding hydrogens is 308 g/mol. The molecule has 1 amide bonds. The van der Waals surface area contributed by atoms with Crippen molar-refractivity contribution in [2.24, 2.45) is 10.9 Å². The molecule has 0 aromatic rings. The number of amides is 1. The second-order valence-corrected chi connectivity index (χ2v) is 7.58. The van der Waals surface area contributed by atoms with Crippen molar-refractivity contribution in [3.63, 3.8) is 0 Å². The summed E-state index contributed by atoms with van der Waals surface area (Å²) in [5, 5.41) is 6.85. The molecule has 1 aliphatic carbocycles. The Morgan fingerprint density at radius 3 is 2.74 bits per heavy atom. The number of nitrogens with one attached hydrogen (secondary N) is 2. The van der Waals surface area contributed by atoms with Crippen molar-refractivity contribution < 1.29 is 4.79 Å². The first-order chi connectivity index (χ1) is 11.2. The molecule has 1 atom stereocenters. The molecule has 2 rings (SSSR count). The first-order valence-electron chi connectivity index (χ1n) is 8.99. The maximum absolute atomic E-state index is 12.5. The van der Waals surface area contributed by atoms with Crippen LogP contribution in [-0.2, 0) is 4.79 Å². The Hall–Kier alpha value is -0.910. The van der Waals surface area contributed by atoms with Crippen molar-refractivity contribution in [3.05, 3.63) is 0 Å². The van der Waals surface area contributed by atoms with Crippen LogP contribution in [0.15, 0.2) is 4.99 Å². The van der Waals surface area contributed by atoms with Crippen LogP contribution in [0.5, 0.6) is 0 Å². The Kier molecular flexibility index (Phi) is 8.06. The molecule has 2 N–H and O–H groups in total. The van der Waals surface area contributed by atoms with E-state index >= 15 is 0 Å². The largest absolute Gasteiger partial charge is 0.356 e. The highest BCUT2D eigenvalue weighted by atomic mass is 32.2. The number of carbonyl (C=O) groups excluding carboxylic acids is 1. The number of hydrogen-bond acceptors (Lipinski definition) is 3. The second-order valence-electron chi connectivity index (χ2n) is 6.59. The van der Waals surface area contributed by atoms with Crippen LogP contribution in [0.25, 0.3) is 0 Å². The van der Waals surface area contributed by atoms with Crippen molar-refractivity contribution >= 4 is 23.6 Å². The van der Waals surface area contributed by atoms with Gasteiger partial charge in [-0.1, -0.05) is 12.8 Å². The summed E-state index contributed by atoms with van der Waals surface area (Å²) in [6.45, 7) is 2.66. The molecule has 1 unspecified atom stereocenters. The molecule has 0 spiro atoms. The molecule has 1 heterocycles. The minimum atomic E-state index is 0.294. The van der Waals surface area contributed by atoms with E-state index in [4.69, 9.17) is 0 Å². The maximum Gasteiger partial charge on any atom is 0.225 e. The summed E-state index contributed by atoms with van der Waals surface area (Å²) in [5.74, 6) is 2.76. The SMILES string of the molecule is CN=C(NCCCCSC)NC1CCN(C(=O)C2CCCC2)C1. The van der Waals surface area contributed by atoms with Crippen molar-refractivity contribution in [1.29, 1.82) is 0 Å². The van der Waals surface area contributed by atoms with Crippen LogP contribution in [0.4, 0.5) is 0 Å². The van der Waals surface area contributed by atoms with E-state index in [1.54, 1.807) is 0 Å². The molecule has 0 aromatic carbocycles. The molecule has 132 valence electrons. The van der Waals surface area contributed by atoms with Crippen LogP contribution >= 0.6 is 11.8 Å². The number of guanidine groups is 1. The molecule has 2 fully saturated rings. The van der Waals surface area contributed by atoms with E-state index in [1.165, 1.54) is 31.4 Å². The average Bonchev–Trinajstić information content (AvgIpc) is 3.24. The van der Waals surface area contributed by atoms with Crippen LogP contribution in [0, 0.1) is 5.92 Å². The Morgan fingerprint density at radius 2 is 2.04 bits per heavy atom. The van der Waals surface area contributed by atoms with Gasteiger partial charge in [0.15, 0.2) is 5.96 Å². The van der Waals surface area contributed by atoms with Gasteiger partial charge in [-0.15, -0.1) is 0 Å². The van der Waals surface area contributed by atoms with Crippen molar-refractivity contribution in [2.75, 3.05) is 38.7 Å². The van der Waals surface area contributed by atoms with Crippen LogP contribution < -0.4 is 10.6 Å². The van der Waals surface area contributed by atoms with Crippen LogP contribution in [0.3, 0.4) is 0 Å². The van der Waals surface area contributed by atoms with Gasteiger partial charge in [0.1, 0.15) is 0 Å². The summed E-state index contributed by atoms with van der Waals surface area (Å²) in [6.07, 6.45) is 10.2. The molecule has 0 bridgehead atoms. The number of aliphatic imine (C=N–C) groups is 1. The molecule has 2 aliphatic rings. The lowest BCUT2D eigenvalue weighted by Gasteiger charge is -2.21. The van der Waals surface area contributed by atoms with E-state index in [0.717, 1.165) is 44.9 Å². The Bertz CT molecular complexity index is 396. The quantitative estimate of drug-likeness (QED) is 0.423. The van der Waals surface area contributed by atoms with Crippen LogP contribution in [0.1, 0.15) is 44.9 Å². The summed E-state index contributed by atoms with van der Waals surface area (Å²) in [5.41, 5.74) is 0. The van der Waals surface area contributed by atoms with Gasteiger partial charge in [0.05, 0.1) is 0 Å². The van der Waals surface area contributed by atoms with Gasteiger partial charge in [-0.3, -0.25) is 9.79 Å². The van der Waals surface area contributed by atoms with Gasteiger partial charge in [0.2, 0.25) is 5.91 Å². The fourth-order valence-corrected chi connectivity index (χ4v) is 3.97. The Labute approximate surface area is 145 Å². The number of rotatable bonds is 7. The topological polar surface area (TPSA) is 56.7 Å². The number of likely N-dealkylation sites (tertiary alicyclic amines) is 1. The standard InChI is InChI=1S/C17H32N4OS/c1-18-17(19-10-5-6-12-23-2)20-15-9-11-21(13-15)16(22)14-7-3-4-8-14/h14-15H,3-13H2,1-2H3,(H2,18,19,20). The predicted molar refractivity (Wildman–Crippen MR) is 99.1 cm³/mol. The second kappa shape index (κ2) is 10.1. The fraction of sp³-hybridized carbons (Fsp3) is 0.882. The van der Waals surface area contributed by atoms with E-state index in [1.807, 2.05) is 18.8 Å². The summed E-state index contributed by atoms with van der Waals surface area (Å²) < 4.78 is 0. The molecule has 1 saturated carbocycles. The fourth-order valence-electron chi connectivity index (χ4n) is 3.48. The molecule has 0 radical (unpaired) electrons. The third kappa shape index (κ3) is 5.90. The molecular formula is C17H32N4OS. The molecule has 6 heteroatoms. The highest BCUT2D eigenvalue weighted by molar-refractivity contribution is 7.98. The van der Waals surface area contributed by atoms with Crippen LogP contribution in [0.2, 0.25) is 0 Å². The monoisotopic (exact) mass is 340 g/mol. The number of unbranched alkanes of at least 4 members (excludes halogenated alkanes) is 1. The first kappa shape index (κ1) is 18.4. The normalized spacial score (nSPS) is 22.6. The third-order valence-corrected chi connectivity index (χ3v) is 5.53. The third-order valence-electron chi connectivity index (χ3n) is 4.84. The lowest BCUT2D eigenvalue weighted by Crippen LogP contribution is -2.45. The van der Waals surface area contributed by atoms with E-state index in [-0.39, 0.29) is 0 Å². The first-order valence-corrected chi connectivity index (χ1v) is 10.4. The van der Waals surface area contributed by atoms with Gasteiger partial charge in [0, 0.05) is 38.6 Å². The summed E-state index contributed by atoms with van der Waals surface area (Å²) in [6, 6.07) is 0.331. The van der Waals surface area contributed by atoms with Gasteiger partial charge in [-0.05, 0) is 44.1 Å². The summed E-state index contributed by atoms with van der Waals surface area (Å²) in [7, 11) is 1.81. The Balaban J connectivity index is 1.67. The summed E-state index contributed by atoms with van der Waals surface area (Å²) in [4.78, 5) is 18.8. The zero-order chi connectivity index (χ0) is 16.5. The maximum atomic E-state index is 12.5. The van der Waals surface area contributed by atoms with Gasteiger partial charge in [-0.25, -0.2) is 0 Å². The molecule has 23 heavy (non-hydrogen) atoms.